The molecule has 4 nitrogen and oxygen atoms in total. The van der Waals surface area contributed by atoms with Gasteiger partial charge in [0.05, 0.1) is 13.2 Å². The lowest BCUT2D eigenvalue weighted by atomic mass is 9.97. The SMILES string of the molecule is CCNC(CN(CCOCC)CCOCC)C1CCCC1. The summed E-state index contributed by atoms with van der Waals surface area (Å²) in [6.07, 6.45) is 5.60. The topological polar surface area (TPSA) is 33.7 Å². The second kappa shape index (κ2) is 12.4. The van der Waals surface area contributed by atoms with Crippen LogP contribution >= 0.6 is 0 Å². The van der Waals surface area contributed by atoms with Crippen molar-refractivity contribution < 1.29 is 9.47 Å². The Kier molecular flexibility index (Phi) is 11.1. The predicted octanol–water partition coefficient (Wildman–Crippen LogP) is 2.53. The van der Waals surface area contributed by atoms with Crippen molar-refractivity contribution in [1.82, 2.24) is 10.2 Å². The molecule has 0 heterocycles. The molecule has 1 N–H and O–H groups in total. The monoisotopic (exact) mass is 300 g/mol. The number of likely N-dealkylation sites (N-methyl/N-ethyl adjacent to an activating group) is 1. The Balaban J connectivity index is 2.43. The van der Waals surface area contributed by atoms with Gasteiger partial charge >= 0.3 is 0 Å². The van der Waals surface area contributed by atoms with E-state index < -0.39 is 0 Å². The molecule has 0 saturated heterocycles. The Bertz CT molecular complexity index is 223. The van der Waals surface area contributed by atoms with Crippen molar-refractivity contribution in [3.05, 3.63) is 0 Å². The van der Waals surface area contributed by atoms with Crippen molar-refractivity contribution in [3.63, 3.8) is 0 Å². The first kappa shape index (κ1) is 18.9. The largest absolute Gasteiger partial charge is 0.380 e. The summed E-state index contributed by atoms with van der Waals surface area (Å²) in [6, 6.07) is 0.626. The predicted molar refractivity (Wildman–Crippen MR) is 88.8 cm³/mol. The van der Waals surface area contributed by atoms with Crippen LogP contribution in [-0.4, -0.2) is 63.5 Å². The zero-order valence-corrected chi connectivity index (χ0v) is 14.4. The minimum absolute atomic E-state index is 0.626. The zero-order valence-electron chi connectivity index (χ0n) is 14.4. The first-order chi connectivity index (χ1) is 10.3. The summed E-state index contributed by atoms with van der Waals surface area (Å²) in [5.41, 5.74) is 0. The van der Waals surface area contributed by atoms with Crippen LogP contribution in [0.5, 0.6) is 0 Å². The first-order valence-corrected chi connectivity index (χ1v) is 8.93. The average Bonchev–Trinajstić information content (AvgIpc) is 3.01. The van der Waals surface area contributed by atoms with Gasteiger partial charge in [-0.05, 0) is 39.2 Å². The number of ether oxygens (including phenoxy) is 2. The first-order valence-electron chi connectivity index (χ1n) is 8.93. The van der Waals surface area contributed by atoms with Crippen molar-refractivity contribution in [1.29, 1.82) is 0 Å². The zero-order chi connectivity index (χ0) is 15.3. The van der Waals surface area contributed by atoms with Crippen molar-refractivity contribution >= 4 is 0 Å². The van der Waals surface area contributed by atoms with E-state index in [0.717, 1.165) is 58.5 Å². The van der Waals surface area contributed by atoms with E-state index in [2.05, 4.69) is 31.0 Å². The van der Waals surface area contributed by atoms with E-state index >= 15 is 0 Å². The lowest BCUT2D eigenvalue weighted by molar-refractivity contribution is 0.0746. The molecule has 1 rings (SSSR count). The summed E-state index contributed by atoms with van der Waals surface area (Å²) in [7, 11) is 0. The summed E-state index contributed by atoms with van der Waals surface area (Å²) in [6.45, 7) is 13.8. The molecule has 21 heavy (non-hydrogen) atoms. The van der Waals surface area contributed by atoms with Crippen LogP contribution in [0.25, 0.3) is 0 Å². The van der Waals surface area contributed by atoms with Crippen LogP contribution < -0.4 is 5.32 Å². The highest BCUT2D eigenvalue weighted by Crippen LogP contribution is 2.28. The molecule has 0 aromatic carbocycles. The van der Waals surface area contributed by atoms with Crippen LogP contribution in [0.1, 0.15) is 46.5 Å². The molecule has 0 aromatic heterocycles. The molecule has 1 aliphatic carbocycles. The molecule has 1 unspecified atom stereocenters. The van der Waals surface area contributed by atoms with Gasteiger partial charge in [-0.1, -0.05) is 19.8 Å². The number of nitrogens with zero attached hydrogens (tertiary/aromatic N) is 1. The molecule has 1 fully saturated rings. The lowest BCUT2D eigenvalue weighted by Gasteiger charge is -2.31. The highest BCUT2D eigenvalue weighted by molar-refractivity contribution is 4.83. The molecule has 0 amide bonds. The molecule has 126 valence electrons. The fourth-order valence-corrected chi connectivity index (χ4v) is 3.25. The standard InChI is InChI=1S/C17H36N2O2/c1-4-18-17(16-9-7-8-10-16)15-19(11-13-20-5-2)12-14-21-6-3/h16-18H,4-15H2,1-3H3. The summed E-state index contributed by atoms with van der Waals surface area (Å²) >= 11 is 0. The molecule has 0 spiro atoms. The Morgan fingerprint density at radius 1 is 1.00 bits per heavy atom. The van der Waals surface area contributed by atoms with Crippen LogP contribution in [0.4, 0.5) is 0 Å². The minimum atomic E-state index is 0.626. The van der Waals surface area contributed by atoms with Gasteiger partial charge in [-0.15, -0.1) is 0 Å². The normalized spacial score (nSPS) is 17.7. The molecular weight excluding hydrogens is 264 g/mol. The van der Waals surface area contributed by atoms with Gasteiger partial charge in [-0.25, -0.2) is 0 Å². The van der Waals surface area contributed by atoms with Gasteiger partial charge < -0.3 is 14.8 Å². The van der Waals surface area contributed by atoms with Crippen molar-refractivity contribution in [2.24, 2.45) is 5.92 Å². The third-order valence-corrected chi connectivity index (χ3v) is 4.40. The molecule has 0 aliphatic heterocycles. The number of nitrogens with one attached hydrogen (secondary N) is 1. The summed E-state index contributed by atoms with van der Waals surface area (Å²) < 4.78 is 11.1. The smallest absolute Gasteiger partial charge is 0.0593 e. The Morgan fingerprint density at radius 3 is 2.05 bits per heavy atom. The molecule has 1 atom stereocenters. The maximum absolute atomic E-state index is 5.53. The van der Waals surface area contributed by atoms with Gasteiger partial charge in [-0.3, -0.25) is 4.90 Å². The third kappa shape index (κ3) is 8.15. The van der Waals surface area contributed by atoms with E-state index in [1.54, 1.807) is 0 Å². The Hall–Kier alpha value is -0.160. The number of hydrogen-bond donors (Lipinski definition) is 1. The fraction of sp³-hybridized carbons (Fsp3) is 1.00. The minimum Gasteiger partial charge on any atom is -0.380 e. The summed E-state index contributed by atoms with van der Waals surface area (Å²) in [4.78, 5) is 2.51. The van der Waals surface area contributed by atoms with Crippen LogP contribution in [0, 0.1) is 5.92 Å². The summed E-state index contributed by atoms with van der Waals surface area (Å²) in [5.74, 6) is 0.853. The van der Waals surface area contributed by atoms with Gasteiger partial charge in [0.1, 0.15) is 0 Å². The molecule has 1 aliphatic rings. The maximum Gasteiger partial charge on any atom is 0.0593 e. The second-order valence-electron chi connectivity index (χ2n) is 5.90. The molecule has 0 aromatic rings. The lowest BCUT2D eigenvalue weighted by Crippen LogP contribution is -2.46. The Morgan fingerprint density at radius 2 is 1.57 bits per heavy atom. The van der Waals surface area contributed by atoms with Crippen LogP contribution in [0.3, 0.4) is 0 Å². The van der Waals surface area contributed by atoms with Gasteiger partial charge in [-0.2, -0.15) is 0 Å². The van der Waals surface area contributed by atoms with Crippen molar-refractivity contribution in [2.75, 3.05) is 52.6 Å². The van der Waals surface area contributed by atoms with E-state index in [4.69, 9.17) is 9.47 Å². The Labute approximate surface area is 131 Å². The molecule has 0 radical (unpaired) electrons. The second-order valence-corrected chi connectivity index (χ2v) is 5.90. The quantitative estimate of drug-likeness (QED) is 0.530. The number of hydrogen-bond acceptors (Lipinski definition) is 4. The molecular formula is C17H36N2O2. The van der Waals surface area contributed by atoms with E-state index in [-0.39, 0.29) is 0 Å². The van der Waals surface area contributed by atoms with E-state index in [1.807, 2.05) is 0 Å². The van der Waals surface area contributed by atoms with E-state index in [1.165, 1.54) is 25.7 Å². The molecule has 1 saturated carbocycles. The highest BCUT2D eigenvalue weighted by Gasteiger charge is 2.25. The third-order valence-electron chi connectivity index (χ3n) is 4.40. The number of rotatable bonds is 13. The average molecular weight is 300 g/mol. The van der Waals surface area contributed by atoms with Crippen molar-refractivity contribution in [3.8, 4) is 0 Å². The van der Waals surface area contributed by atoms with Gasteiger partial charge in [0.15, 0.2) is 0 Å². The van der Waals surface area contributed by atoms with Gasteiger partial charge in [0.2, 0.25) is 0 Å². The van der Waals surface area contributed by atoms with Crippen LogP contribution in [0.15, 0.2) is 0 Å². The highest BCUT2D eigenvalue weighted by atomic mass is 16.5. The van der Waals surface area contributed by atoms with Crippen LogP contribution in [-0.2, 0) is 9.47 Å². The molecule has 4 heteroatoms. The fourth-order valence-electron chi connectivity index (χ4n) is 3.25. The molecule has 0 bridgehead atoms. The maximum atomic E-state index is 5.53. The van der Waals surface area contributed by atoms with Crippen LogP contribution in [0.2, 0.25) is 0 Å². The van der Waals surface area contributed by atoms with E-state index in [0.29, 0.717) is 6.04 Å². The van der Waals surface area contributed by atoms with Crippen molar-refractivity contribution in [2.45, 2.75) is 52.5 Å². The van der Waals surface area contributed by atoms with E-state index in [9.17, 15) is 0 Å². The van der Waals surface area contributed by atoms with Gasteiger partial charge in [0, 0.05) is 38.9 Å². The summed E-state index contributed by atoms with van der Waals surface area (Å²) in [5, 5.41) is 3.71. The van der Waals surface area contributed by atoms with Gasteiger partial charge in [0.25, 0.3) is 0 Å².